The fraction of sp³-hybridized carbons (Fsp3) is 0. The van der Waals surface area contributed by atoms with Gasteiger partial charge in [-0.05, 0) is 46.3 Å². The lowest BCUT2D eigenvalue weighted by molar-refractivity contribution is 1.47. The Bertz CT molecular complexity index is 635. The van der Waals surface area contributed by atoms with Crippen LogP contribution in [0.5, 0.6) is 0 Å². The Balaban J connectivity index is 2.35. The molecule has 0 heterocycles. The first-order chi connectivity index (χ1) is 8.61. The van der Waals surface area contributed by atoms with E-state index >= 15 is 0 Å². The van der Waals surface area contributed by atoms with Gasteiger partial charge in [0.05, 0.1) is 27.4 Å². The summed E-state index contributed by atoms with van der Waals surface area (Å²) < 4.78 is 0.741. The van der Waals surface area contributed by atoms with Crippen LogP contribution in [0.25, 0.3) is 0 Å². The first-order valence-corrected chi connectivity index (χ1v) is 6.57. The third-order valence-corrected chi connectivity index (χ3v) is 4.08. The van der Waals surface area contributed by atoms with Crippen molar-refractivity contribution in [3.05, 3.63) is 56.5 Å². The maximum atomic E-state index is 8.83. The molecule has 90 valence electrons. The molecule has 2 rings (SSSR count). The van der Waals surface area contributed by atoms with E-state index in [-0.39, 0.29) is 0 Å². The highest BCUT2D eigenvalue weighted by Crippen LogP contribution is 2.37. The lowest BCUT2D eigenvalue weighted by atomic mass is 10.2. The zero-order valence-corrected chi connectivity index (χ0v) is 12.1. The molecule has 0 aliphatic rings. The molecule has 18 heavy (non-hydrogen) atoms. The van der Waals surface area contributed by atoms with E-state index in [1.165, 1.54) is 0 Å². The summed E-state index contributed by atoms with van der Waals surface area (Å²) in [5.41, 5.74) is 2.06. The number of nitrogens with zero attached hydrogens (tertiary/aromatic N) is 1. The summed E-state index contributed by atoms with van der Waals surface area (Å²) in [5, 5.41) is 12.9. The lowest BCUT2D eigenvalue weighted by Gasteiger charge is -2.10. The Labute approximate surface area is 123 Å². The van der Waals surface area contributed by atoms with E-state index in [4.69, 9.17) is 28.5 Å². The summed E-state index contributed by atoms with van der Waals surface area (Å²) in [6, 6.07) is 12.8. The zero-order chi connectivity index (χ0) is 13.1. The maximum absolute atomic E-state index is 8.83. The summed E-state index contributed by atoms with van der Waals surface area (Å²) in [6.07, 6.45) is 0. The highest BCUT2D eigenvalue weighted by molar-refractivity contribution is 9.10. The second-order valence-electron chi connectivity index (χ2n) is 3.54. The van der Waals surface area contributed by atoms with E-state index in [9.17, 15) is 0 Å². The van der Waals surface area contributed by atoms with Crippen LogP contribution < -0.4 is 5.32 Å². The van der Waals surface area contributed by atoms with Crippen LogP contribution in [-0.2, 0) is 0 Å². The van der Waals surface area contributed by atoms with Gasteiger partial charge >= 0.3 is 0 Å². The van der Waals surface area contributed by atoms with Crippen LogP contribution in [-0.4, -0.2) is 0 Å². The van der Waals surface area contributed by atoms with Gasteiger partial charge in [0.15, 0.2) is 0 Å². The van der Waals surface area contributed by atoms with Crippen LogP contribution in [0, 0.1) is 11.3 Å². The first kappa shape index (κ1) is 13.2. The molecular weight excluding hydrogens is 335 g/mol. The van der Waals surface area contributed by atoms with Crippen molar-refractivity contribution in [2.75, 3.05) is 5.32 Å². The van der Waals surface area contributed by atoms with Crippen molar-refractivity contribution in [2.24, 2.45) is 0 Å². The van der Waals surface area contributed by atoms with Gasteiger partial charge in [-0.1, -0.05) is 29.3 Å². The summed E-state index contributed by atoms with van der Waals surface area (Å²) in [4.78, 5) is 0. The Morgan fingerprint density at radius 1 is 1.11 bits per heavy atom. The molecule has 0 unspecified atom stereocenters. The number of hydrogen-bond donors (Lipinski definition) is 1. The molecule has 2 aromatic carbocycles. The van der Waals surface area contributed by atoms with Gasteiger partial charge in [0.2, 0.25) is 0 Å². The highest BCUT2D eigenvalue weighted by Gasteiger charge is 2.08. The molecule has 0 atom stereocenters. The van der Waals surface area contributed by atoms with Gasteiger partial charge in [0.1, 0.15) is 0 Å². The minimum atomic E-state index is 0.438. The topological polar surface area (TPSA) is 35.8 Å². The van der Waals surface area contributed by atoms with E-state index in [0.29, 0.717) is 21.3 Å². The van der Waals surface area contributed by atoms with Gasteiger partial charge in [-0.15, -0.1) is 0 Å². The minimum absolute atomic E-state index is 0.438. The Morgan fingerprint density at radius 3 is 2.61 bits per heavy atom. The Morgan fingerprint density at radius 2 is 1.89 bits per heavy atom. The number of rotatable bonds is 2. The van der Waals surface area contributed by atoms with Crippen molar-refractivity contribution < 1.29 is 0 Å². The smallest absolute Gasteiger partial charge is 0.0992 e. The molecule has 0 aromatic heterocycles. The van der Waals surface area contributed by atoms with Crippen molar-refractivity contribution in [2.45, 2.75) is 0 Å². The quantitative estimate of drug-likeness (QED) is 0.745. The molecule has 0 aliphatic heterocycles. The number of hydrogen-bond acceptors (Lipinski definition) is 2. The molecule has 2 aromatic rings. The number of nitriles is 1. The highest BCUT2D eigenvalue weighted by atomic mass is 79.9. The van der Waals surface area contributed by atoms with E-state index in [1.54, 1.807) is 18.2 Å². The summed E-state index contributed by atoms with van der Waals surface area (Å²) in [5.74, 6) is 0. The molecule has 5 heteroatoms. The predicted molar refractivity (Wildman–Crippen MR) is 78.6 cm³/mol. The molecule has 0 amide bonds. The second kappa shape index (κ2) is 5.62. The van der Waals surface area contributed by atoms with Crippen molar-refractivity contribution in [3.8, 4) is 6.07 Å². The molecule has 0 bridgehead atoms. The number of halogens is 3. The third-order valence-electron chi connectivity index (χ3n) is 2.31. The van der Waals surface area contributed by atoms with Crippen LogP contribution in [0.2, 0.25) is 10.0 Å². The molecule has 0 saturated heterocycles. The zero-order valence-electron chi connectivity index (χ0n) is 9.05. The molecule has 0 spiro atoms. The van der Waals surface area contributed by atoms with Crippen LogP contribution in [0.1, 0.15) is 5.56 Å². The summed E-state index contributed by atoms with van der Waals surface area (Å²) in [6.45, 7) is 0. The lowest BCUT2D eigenvalue weighted by Crippen LogP contribution is -1.92. The molecule has 0 fully saturated rings. The van der Waals surface area contributed by atoms with Gasteiger partial charge in [-0.2, -0.15) is 5.26 Å². The standard InChI is InChI=1S/C13H7BrCl2N2/c14-10-4-5-11(13(16)12(10)15)18-9-3-1-2-8(6-9)7-17/h1-6,18H. The van der Waals surface area contributed by atoms with E-state index in [2.05, 4.69) is 27.3 Å². The van der Waals surface area contributed by atoms with Gasteiger partial charge in [-0.25, -0.2) is 0 Å². The average molecular weight is 342 g/mol. The molecule has 0 saturated carbocycles. The van der Waals surface area contributed by atoms with Gasteiger partial charge in [0.25, 0.3) is 0 Å². The fourth-order valence-electron chi connectivity index (χ4n) is 1.44. The first-order valence-electron chi connectivity index (χ1n) is 5.02. The number of benzene rings is 2. The van der Waals surface area contributed by atoms with Gasteiger partial charge in [0, 0.05) is 10.2 Å². The van der Waals surface area contributed by atoms with E-state index in [0.717, 1.165) is 10.2 Å². The maximum Gasteiger partial charge on any atom is 0.0992 e. The molecule has 0 aliphatic carbocycles. The molecule has 2 nitrogen and oxygen atoms in total. The van der Waals surface area contributed by atoms with Crippen LogP contribution in [0.15, 0.2) is 40.9 Å². The van der Waals surface area contributed by atoms with Gasteiger partial charge in [-0.3, -0.25) is 0 Å². The third kappa shape index (κ3) is 2.78. The Hall–Kier alpha value is -1.21. The van der Waals surface area contributed by atoms with Crippen LogP contribution in [0.4, 0.5) is 11.4 Å². The monoisotopic (exact) mass is 340 g/mol. The second-order valence-corrected chi connectivity index (χ2v) is 5.15. The van der Waals surface area contributed by atoms with Crippen LogP contribution >= 0.6 is 39.1 Å². The average Bonchev–Trinajstić information content (AvgIpc) is 2.40. The summed E-state index contributed by atoms with van der Waals surface area (Å²) >= 11 is 15.5. The molecule has 0 radical (unpaired) electrons. The van der Waals surface area contributed by atoms with Crippen molar-refractivity contribution >= 4 is 50.5 Å². The van der Waals surface area contributed by atoms with Crippen molar-refractivity contribution in [3.63, 3.8) is 0 Å². The van der Waals surface area contributed by atoms with Crippen molar-refractivity contribution in [1.82, 2.24) is 0 Å². The molecular formula is C13H7BrCl2N2. The predicted octanol–water partition coefficient (Wildman–Crippen LogP) is 5.37. The largest absolute Gasteiger partial charge is 0.354 e. The fourth-order valence-corrected chi connectivity index (χ4v) is 2.27. The van der Waals surface area contributed by atoms with E-state index < -0.39 is 0 Å². The Kier molecular flexibility index (Phi) is 4.13. The minimum Gasteiger partial charge on any atom is -0.354 e. The number of anilines is 2. The summed E-state index contributed by atoms with van der Waals surface area (Å²) in [7, 11) is 0. The van der Waals surface area contributed by atoms with E-state index in [1.807, 2.05) is 18.2 Å². The number of nitrogens with one attached hydrogen (secondary N) is 1. The molecule has 1 N–H and O–H groups in total. The van der Waals surface area contributed by atoms with Crippen LogP contribution in [0.3, 0.4) is 0 Å². The van der Waals surface area contributed by atoms with Crippen molar-refractivity contribution in [1.29, 1.82) is 5.26 Å². The van der Waals surface area contributed by atoms with Gasteiger partial charge < -0.3 is 5.32 Å². The SMILES string of the molecule is N#Cc1cccc(Nc2ccc(Br)c(Cl)c2Cl)c1. The normalized spacial score (nSPS) is 9.89.